The summed E-state index contributed by atoms with van der Waals surface area (Å²) in [5.74, 6) is -0.245. The van der Waals surface area contributed by atoms with Gasteiger partial charge in [-0.1, -0.05) is 12.8 Å². The van der Waals surface area contributed by atoms with E-state index < -0.39 is 5.91 Å². The number of nitrogens with two attached hydrogens (primary N) is 1. The summed E-state index contributed by atoms with van der Waals surface area (Å²) in [6.07, 6.45) is 6.94. The molecule has 2 atom stereocenters. The zero-order valence-electron chi connectivity index (χ0n) is 10.9. The average Bonchev–Trinajstić information content (AvgIpc) is 2.43. The molecule has 2 rings (SSSR count). The Hall–Kier alpha value is -1.10. The van der Waals surface area contributed by atoms with Gasteiger partial charge in [-0.05, 0) is 31.6 Å². The summed E-state index contributed by atoms with van der Waals surface area (Å²) in [6, 6.07) is 0.295. The van der Waals surface area contributed by atoms with E-state index in [1.54, 1.807) is 4.90 Å². The lowest BCUT2D eigenvalue weighted by molar-refractivity contribution is -0.150. The third-order valence-corrected chi connectivity index (χ3v) is 4.13. The fraction of sp³-hybridized carbons (Fsp3) is 0.846. The molecular weight excluding hydrogens is 230 g/mol. The Bertz CT molecular complexity index is 317. The van der Waals surface area contributed by atoms with Crippen LogP contribution in [0.15, 0.2) is 0 Å². The number of piperidine rings is 1. The first-order valence-corrected chi connectivity index (χ1v) is 7.03. The van der Waals surface area contributed by atoms with Crippen LogP contribution < -0.4 is 11.1 Å². The van der Waals surface area contributed by atoms with Crippen LogP contribution in [-0.4, -0.2) is 42.4 Å². The van der Waals surface area contributed by atoms with Crippen molar-refractivity contribution in [1.82, 2.24) is 10.2 Å². The second-order valence-corrected chi connectivity index (χ2v) is 5.30. The molecular formula is C13H23N3O2. The minimum absolute atomic E-state index is 0.295. The highest BCUT2D eigenvalue weighted by molar-refractivity contribution is 6.35. The topological polar surface area (TPSA) is 75.4 Å². The molecule has 0 bridgehead atoms. The van der Waals surface area contributed by atoms with Crippen LogP contribution in [0.2, 0.25) is 0 Å². The fourth-order valence-corrected chi connectivity index (χ4v) is 3.27. The van der Waals surface area contributed by atoms with Gasteiger partial charge < -0.3 is 16.0 Å². The first-order valence-electron chi connectivity index (χ1n) is 7.03. The van der Waals surface area contributed by atoms with Crippen LogP contribution in [0, 0.1) is 5.92 Å². The molecule has 1 saturated heterocycles. The lowest BCUT2D eigenvalue weighted by Crippen LogP contribution is -2.54. The maximum atomic E-state index is 12.1. The van der Waals surface area contributed by atoms with Gasteiger partial charge in [0.1, 0.15) is 0 Å². The van der Waals surface area contributed by atoms with E-state index in [1.807, 2.05) is 0 Å². The summed E-state index contributed by atoms with van der Waals surface area (Å²) in [5, 5.41) is 2.57. The van der Waals surface area contributed by atoms with Crippen LogP contribution in [0.4, 0.5) is 0 Å². The van der Waals surface area contributed by atoms with Crippen molar-refractivity contribution >= 4 is 11.8 Å². The predicted octanol–water partition coefficient (Wildman–Crippen LogP) is 0.242. The number of nitrogens with one attached hydrogen (secondary N) is 1. The number of hydrogen-bond acceptors (Lipinski definition) is 3. The number of carbonyl (C=O) groups is 2. The predicted molar refractivity (Wildman–Crippen MR) is 68.8 cm³/mol. The number of fused-ring (bicyclic) bond motifs is 1. The fourth-order valence-electron chi connectivity index (χ4n) is 3.27. The molecule has 0 unspecified atom stereocenters. The summed E-state index contributed by atoms with van der Waals surface area (Å²) >= 11 is 0. The van der Waals surface area contributed by atoms with E-state index in [0.717, 1.165) is 19.4 Å². The lowest BCUT2D eigenvalue weighted by Gasteiger charge is -2.43. The maximum Gasteiger partial charge on any atom is 0.312 e. The van der Waals surface area contributed by atoms with E-state index in [1.165, 1.54) is 25.7 Å². The van der Waals surface area contributed by atoms with Gasteiger partial charge in [0.05, 0.1) is 0 Å². The van der Waals surface area contributed by atoms with Crippen molar-refractivity contribution in [2.45, 2.75) is 44.6 Å². The number of carbonyl (C=O) groups excluding carboxylic acids is 2. The van der Waals surface area contributed by atoms with E-state index >= 15 is 0 Å². The molecule has 2 aliphatic rings. The number of rotatable bonds is 2. The summed E-state index contributed by atoms with van der Waals surface area (Å²) in [5.41, 5.74) is 5.32. The highest BCUT2D eigenvalue weighted by Crippen LogP contribution is 2.35. The van der Waals surface area contributed by atoms with Crippen molar-refractivity contribution in [3.05, 3.63) is 0 Å². The van der Waals surface area contributed by atoms with Gasteiger partial charge in [0, 0.05) is 25.7 Å². The monoisotopic (exact) mass is 253 g/mol. The second kappa shape index (κ2) is 6.18. The van der Waals surface area contributed by atoms with Crippen molar-refractivity contribution in [1.29, 1.82) is 0 Å². The molecule has 0 aromatic rings. The van der Waals surface area contributed by atoms with Crippen LogP contribution in [0.5, 0.6) is 0 Å². The summed E-state index contributed by atoms with van der Waals surface area (Å²) in [4.78, 5) is 25.7. The molecule has 102 valence electrons. The molecule has 0 aromatic carbocycles. The largest absolute Gasteiger partial charge is 0.347 e. The SMILES string of the molecule is NCCNC(=O)C(=O)N1CCC[C@H]2CCCC[C@H]21. The van der Waals surface area contributed by atoms with Crippen LogP contribution in [0.25, 0.3) is 0 Å². The molecule has 2 amide bonds. The van der Waals surface area contributed by atoms with Crippen LogP contribution in [0.1, 0.15) is 38.5 Å². The molecule has 2 fully saturated rings. The van der Waals surface area contributed by atoms with Crippen molar-refractivity contribution in [2.75, 3.05) is 19.6 Å². The van der Waals surface area contributed by atoms with Crippen molar-refractivity contribution in [3.8, 4) is 0 Å². The third kappa shape index (κ3) is 2.83. The van der Waals surface area contributed by atoms with E-state index in [0.29, 0.717) is 25.0 Å². The Labute approximate surface area is 108 Å². The highest BCUT2D eigenvalue weighted by Gasteiger charge is 2.37. The first-order chi connectivity index (χ1) is 8.74. The Balaban J connectivity index is 1.97. The minimum atomic E-state index is -0.494. The molecule has 0 aromatic heterocycles. The Morgan fingerprint density at radius 1 is 1.17 bits per heavy atom. The Kier molecular flexibility index (Phi) is 4.58. The van der Waals surface area contributed by atoms with Gasteiger partial charge in [0.25, 0.3) is 0 Å². The van der Waals surface area contributed by atoms with Gasteiger partial charge in [-0.3, -0.25) is 9.59 Å². The summed E-state index contributed by atoms with van der Waals surface area (Å²) in [7, 11) is 0. The van der Waals surface area contributed by atoms with E-state index in [2.05, 4.69) is 5.32 Å². The molecule has 1 saturated carbocycles. The Morgan fingerprint density at radius 3 is 2.67 bits per heavy atom. The number of amides is 2. The van der Waals surface area contributed by atoms with Gasteiger partial charge >= 0.3 is 11.8 Å². The van der Waals surface area contributed by atoms with Gasteiger partial charge in [-0.25, -0.2) is 0 Å². The molecule has 1 aliphatic carbocycles. The average molecular weight is 253 g/mol. The highest BCUT2D eigenvalue weighted by atomic mass is 16.2. The van der Waals surface area contributed by atoms with E-state index in [-0.39, 0.29) is 5.91 Å². The number of nitrogens with zero attached hydrogens (tertiary/aromatic N) is 1. The first kappa shape index (κ1) is 13.3. The van der Waals surface area contributed by atoms with Crippen LogP contribution in [0.3, 0.4) is 0 Å². The van der Waals surface area contributed by atoms with Gasteiger partial charge in [-0.2, -0.15) is 0 Å². The lowest BCUT2D eigenvalue weighted by atomic mass is 9.78. The molecule has 18 heavy (non-hydrogen) atoms. The second-order valence-electron chi connectivity index (χ2n) is 5.30. The standard InChI is InChI=1S/C13H23N3O2/c14-7-8-15-12(17)13(18)16-9-3-5-10-4-1-2-6-11(10)16/h10-11H,1-9,14H2,(H,15,17)/t10-,11-/m1/s1. The van der Waals surface area contributed by atoms with E-state index in [9.17, 15) is 9.59 Å². The quantitative estimate of drug-likeness (QED) is 0.692. The molecule has 5 nitrogen and oxygen atoms in total. The van der Waals surface area contributed by atoms with Gasteiger partial charge in [-0.15, -0.1) is 0 Å². The van der Waals surface area contributed by atoms with Crippen molar-refractivity contribution in [2.24, 2.45) is 11.7 Å². The number of likely N-dealkylation sites (tertiary alicyclic amines) is 1. The van der Waals surface area contributed by atoms with Gasteiger partial charge in [0.2, 0.25) is 0 Å². The van der Waals surface area contributed by atoms with Crippen molar-refractivity contribution < 1.29 is 9.59 Å². The molecule has 3 N–H and O–H groups in total. The number of hydrogen-bond donors (Lipinski definition) is 2. The molecule has 1 aliphatic heterocycles. The summed E-state index contributed by atoms with van der Waals surface area (Å²) in [6.45, 7) is 1.47. The zero-order valence-corrected chi connectivity index (χ0v) is 10.9. The Morgan fingerprint density at radius 2 is 1.89 bits per heavy atom. The maximum absolute atomic E-state index is 12.1. The molecule has 0 radical (unpaired) electrons. The van der Waals surface area contributed by atoms with Crippen LogP contribution >= 0.6 is 0 Å². The minimum Gasteiger partial charge on any atom is -0.347 e. The van der Waals surface area contributed by atoms with Crippen molar-refractivity contribution in [3.63, 3.8) is 0 Å². The zero-order chi connectivity index (χ0) is 13.0. The van der Waals surface area contributed by atoms with Gasteiger partial charge in [0.15, 0.2) is 0 Å². The molecule has 5 heteroatoms. The molecule has 0 spiro atoms. The van der Waals surface area contributed by atoms with E-state index in [4.69, 9.17) is 5.73 Å². The summed E-state index contributed by atoms with van der Waals surface area (Å²) < 4.78 is 0. The van der Waals surface area contributed by atoms with Crippen LogP contribution in [-0.2, 0) is 9.59 Å². The smallest absolute Gasteiger partial charge is 0.312 e. The molecule has 1 heterocycles. The third-order valence-electron chi connectivity index (χ3n) is 4.13. The normalized spacial score (nSPS) is 27.5.